The van der Waals surface area contributed by atoms with Crippen LogP contribution in [0.1, 0.15) is 11.1 Å². The zero-order chi connectivity index (χ0) is 30.6. The number of ether oxygens (including phenoxy) is 3. The predicted molar refractivity (Wildman–Crippen MR) is 177 cm³/mol. The van der Waals surface area contributed by atoms with Crippen LogP contribution in [0, 0.1) is 0 Å². The van der Waals surface area contributed by atoms with E-state index in [1.54, 1.807) is 7.11 Å². The maximum Gasteiger partial charge on any atom is 0.633 e. The summed E-state index contributed by atoms with van der Waals surface area (Å²) in [6, 6.07) is 32.2. The Kier molecular flexibility index (Phi) is 6.32. The second-order valence-electron chi connectivity index (χ2n) is 11.1. The summed E-state index contributed by atoms with van der Waals surface area (Å²) >= 11 is 0. The lowest BCUT2D eigenvalue weighted by molar-refractivity contribution is 0.0544. The first-order valence-corrected chi connectivity index (χ1v) is 15.2. The average Bonchev–Trinajstić information content (AvgIpc) is 3.72. The minimum atomic E-state index is -0.678. The number of hydrogen-bond donors (Lipinski definition) is 0. The van der Waals surface area contributed by atoms with Crippen molar-refractivity contribution in [2.24, 2.45) is 20.0 Å². The van der Waals surface area contributed by atoms with Crippen molar-refractivity contribution in [3.05, 3.63) is 119 Å². The molecular weight excluding hydrogens is 579 g/mol. The first-order valence-electron chi connectivity index (χ1n) is 15.2. The van der Waals surface area contributed by atoms with E-state index in [2.05, 4.69) is 33.2 Å². The number of amidine groups is 2. The van der Waals surface area contributed by atoms with Crippen LogP contribution in [0.25, 0.3) is 21.5 Å². The van der Waals surface area contributed by atoms with E-state index in [1.165, 1.54) is 0 Å². The van der Waals surface area contributed by atoms with Gasteiger partial charge in [0.05, 0.1) is 19.8 Å². The Morgan fingerprint density at radius 2 is 1.11 bits per heavy atom. The molecule has 0 saturated heterocycles. The summed E-state index contributed by atoms with van der Waals surface area (Å²) in [6.07, 6.45) is 0. The summed E-state index contributed by atoms with van der Waals surface area (Å²) in [4.78, 5) is 20.7. The van der Waals surface area contributed by atoms with Crippen LogP contribution in [-0.2, 0) is 9.47 Å². The van der Waals surface area contributed by atoms with Gasteiger partial charge in [-0.1, -0.05) is 72.8 Å². The van der Waals surface area contributed by atoms with Crippen molar-refractivity contribution >= 4 is 52.0 Å². The van der Waals surface area contributed by atoms with Crippen molar-refractivity contribution in [2.75, 3.05) is 33.5 Å². The molecule has 0 aliphatic carbocycles. The minimum absolute atomic E-state index is 0.438. The van der Waals surface area contributed by atoms with Crippen molar-refractivity contribution in [3.8, 4) is 11.5 Å². The van der Waals surface area contributed by atoms with Gasteiger partial charge in [-0.15, -0.1) is 0 Å². The standard InChI is InChI=1S/C35H27BN6O4/c1-43-18-19-44-20-21-45-22-14-16-23(17-15-22)46-36-41-32-26-10-4-6-12-28(26)34(41)40-35-29-13-7-5-11-27(29)33(42(35)36)39-31-25-9-3-2-8-24(25)30(37-31)38-32/h2-17H,18-21H2,1H3. The van der Waals surface area contributed by atoms with Gasteiger partial charge in [-0.05, 0) is 24.3 Å². The Balaban J connectivity index is 1.23. The second kappa shape index (κ2) is 10.8. The molecule has 9 rings (SSSR count). The monoisotopic (exact) mass is 606 g/mol. The second-order valence-corrected chi connectivity index (χ2v) is 11.1. The number of methoxy groups -OCH3 is 1. The van der Waals surface area contributed by atoms with Gasteiger partial charge in [-0.2, -0.15) is 0 Å². The largest absolute Gasteiger partial charge is 0.633 e. The van der Waals surface area contributed by atoms with Gasteiger partial charge in [0.25, 0.3) is 0 Å². The number of rotatable bonds is 9. The molecule has 4 bridgehead atoms. The van der Waals surface area contributed by atoms with E-state index < -0.39 is 7.19 Å². The van der Waals surface area contributed by atoms with E-state index in [4.69, 9.17) is 38.8 Å². The van der Waals surface area contributed by atoms with Gasteiger partial charge in [0.2, 0.25) is 0 Å². The molecule has 11 heteroatoms. The molecule has 0 unspecified atom stereocenters. The highest BCUT2D eigenvalue weighted by molar-refractivity contribution is 6.52. The maximum atomic E-state index is 6.92. The van der Waals surface area contributed by atoms with E-state index >= 15 is 0 Å². The normalized spacial score (nSPS) is 14.0. The number of aliphatic imine (C=N–C) groups is 2. The molecule has 6 aromatic rings. The molecule has 0 spiro atoms. The first kappa shape index (κ1) is 26.8. The zero-order valence-electron chi connectivity index (χ0n) is 25.0. The maximum absolute atomic E-state index is 6.92. The lowest BCUT2D eigenvalue weighted by atomic mass is 9.98. The molecule has 2 aromatic heterocycles. The van der Waals surface area contributed by atoms with Crippen LogP contribution in [0.5, 0.6) is 11.5 Å². The van der Waals surface area contributed by atoms with Crippen LogP contribution in [-0.4, -0.2) is 61.4 Å². The van der Waals surface area contributed by atoms with Crippen LogP contribution < -0.4 is 20.4 Å². The molecule has 0 fully saturated rings. The Hall–Kier alpha value is -5.52. The average molecular weight is 606 g/mol. The molecule has 3 aliphatic heterocycles. The Labute approximate surface area is 263 Å². The zero-order valence-corrected chi connectivity index (χ0v) is 25.0. The lowest BCUT2D eigenvalue weighted by Gasteiger charge is -2.23. The highest BCUT2D eigenvalue weighted by Gasteiger charge is 2.40. The molecule has 4 aromatic carbocycles. The predicted octanol–water partition coefficient (Wildman–Crippen LogP) is 4.83. The van der Waals surface area contributed by atoms with Crippen molar-refractivity contribution in [1.82, 2.24) is 8.96 Å². The molecule has 0 radical (unpaired) electrons. The highest BCUT2D eigenvalue weighted by atomic mass is 16.5. The molecule has 0 N–H and O–H groups in total. The third-order valence-corrected chi connectivity index (χ3v) is 8.42. The topological polar surface area (TPSA) is 96.2 Å². The number of fused-ring (bicyclic) bond motifs is 10. The highest BCUT2D eigenvalue weighted by Crippen LogP contribution is 2.41. The van der Waals surface area contributed by atoms with Gasteiger partial charge in [-0.3, -0.25) is 8.96 Å². The summed E-state index contributed by atoms with van der Waals surface area (Å²) in [5.74, 6) is 4.10. The minimum Gasteiger partial charge on any atom is -0.523 e. The molecule has 46 heavy (non-hydrogen) atoms. The lowest BCUT2D eigenvalue weighted by Crippen LogP contribution is -2.52. The first-order chi connectivity index (χ1) is 22.8. The summed E-state index contributed by atoms with van der Waals surface area (Å²) in [5, 5.41) is 3.90. The Bertz CT molecular complexity index is 2360. The fraction of sp³-hybridized carbons (Fsp3) is 0.143. The number of hydrogen-bond acceptors (Lipinski definition) is 8. The van der Waals surface area contributed by atoms with Gasteiger partial charge in [0, 0.05) is 39.8 Å². The van der Waals surface area contributed by atoms with Crippen LogP contribution >= 0.6 is 0 Å². The fourth-order valence-corrected chi connectivity index (χ4v) is 6.33. The van der Waals surface area contributed by atoms with Gasteiger partial charge in [-0.25, -0.2) is 20.0 Å². The third-order valence-electron chi connectivity index (χ3n) is 8.42. The fourth-order valence-electron chi connectivity index (χ4n) is 6.33. The molecule has 0 amide bonds. The van der Waals surface area contributed by atoms with Crippen molar-refractivity contribution in [3.63, 3.8) is 0 Å². The Morgan fingerprint density at radius 3 is 1.80 bits per heavy atom. The molecule has 10 nitrogen and oxygen atoms in total. The van der Waals surface area contributed by atoms with Gasteiger partial charge < -0.3 is 18.9 Å². The van der Waals surface area contributed by atoms with Crippen LogP contribution in [0.3, 0.4) is 0 Å². The molecule has 0 atom stereocenters. The van der Waals surface area contributed by atoms with E-state index in [9.17, 15) is 0 Å². The van der Waals surface area contributed by atoms with Gasteiger partial charge >= 0.3 is 7.19 Å². The quantitative estimate of drug-likeness (QED) is 0.174. The summed E-state index contributed by atoms with van der Waals surface area (Å²) in [7, 11) is 0.976. The molecule has 5 heterocycles. The summed E-state index contributed by atoms with van der Waals surface area (Å²) in [5.41, 5.74) is 3.38. The summed E-state index contributed by atoms with van der Waals surface area (Å²) < 4.78 is 27.5. The number of aromatic nitrogens is 2. The molecule has 0 saturated carbocycles. The third kappa shape index (κ3) is 4.20. The van der Waals surface area contributed by atoms with Crippen molar-refractivity contribution in [1.29, 1.82) is 0 Å². The Morgan fingerprint density at radius 1 is 0.543 bits per heavy atom. The van der Waals surface area contributed by atoms with Crippen LogP contribution in [0.4, 0.5) is 11.6 Å². The van der Waals surface area contributed by atoms with Crippen molar-refractivity contribution in [2.45, 2.75) is 0 Å². The van der Waals surface area contributed by atoms with E-state index in [1.807, 2.05) is 72.8 Å². The number of benzene rings is 4. The molecular formula is C35H27BN6O4. The molecule has 3 aliphatic rings. The summed E-state index contributed by atoms with van der Waals surface area (Å²) in [6.45, 7) is 2.01. The van der Waals surface area contributed by atoms with E-state index in [0.29, 0.717) is 43.8 Å². The van der Waals surface area contributed by atoms with Crippen molar-refractivity contribution < 1.29 is 18.9 Å². The van der Waals surface area contributed by atoms with E-state index in [0.717, 1.165) is 61.0 Å². The molecule has 224 valence electrons. The smallest absolute Gasteiger partial charge is 0.523 e. The van der Waals surface area contributed by atoms with Crippen LogP contribution in [0.15, 0.2) is 117 Å². The van der Waals surface area contributed by atoms with Crippen LogP contribution in [0.2, 0.25) is 0 Å². The number of nitrogens with zero attached hydrogens (tertiary/aromatic N) is 6. The SMILES string of the molecule is COCCOCCOc1ccc(OB2n3c4c5ccccc5c3N=c3c5ccccc5c(n32)=NC2=NC(=N4)c3ccccc32)cc1. The van der Waals surface area contributed by atoms with Gasteiger partial charge in [0.1, 0.15) is 40.7 Å². The van der Waals surface area contributed by atoms with Gasteiger partial charge in [0.15, 0.2) is 11.7 Å². The van der Waals surface area contributed by atoms with E-state index in [-0.39, 0.29) is 0 Å².